The lowest BCUT2D eigenvalue weighted by Gasteiger charge is -2.33. The molecule has 1 heterocycles. The van der Waals surface area contributed by atoms with Gasteiger partial charge in [-0.2, -0.15) is 11.8 Å². The van der Waals surface area contributed by atoms with Crippen LogP contribution in [0.4, 0.5) is 0 Å². The summed E-state index contributed by atoms with van der Waals surface area (Å²) in [4.78, 5) is 0. The topological polar surface area (TPSA) is 24.1 Å². The van der Waals surface area contributed by atoms with Gasteiger partial charge in [-0.25, -0.2) is 0 Å². The fourth-order valence-corrected chi connectivity index (χ4v) is 3.61. The molecule has 82 valence electrons. The lowest BCUT2D eigenvalue weighted by molar-refractivity contribution is 0.352. The average Bonchev–Trinajstić information content (AvgIpc) is 2.71. The van der Waals surface area contributed by atoms with E-state index in [9.17, 15) is 0 Å². The zero-order valence-corrected chi connectivity index (χ0v) is 9.91. The summed E-state index contributed by atoms with van der Waals surface area (Å²) in [5, 5.41) is 8.13. The molecule has 2 N–H and O–H groups in total. The van der Waals surface area contributed by atoms with Gasteiger partial charge in [-0.3, -0.25) is 0 Å². The van der Waals surface area contributed by atoms with E-state index in [0.29, 0.717) is 0 Å². The van der Waals surface area contributed by atoms with Crippen LogP contribution in [0.1, 0.15) is 32.1 Å². The molecule has 1 aliphatic carbocycles. The van der Waals surface area contributed by atoms with Crippen LogP contribution in [0.5, 0.6) is 0 Å². The van der Waals surface area contributed by atoms with Gasteiger partial charge in [0.1, 0.15) is 0 Å². The molecule has 0 spiro atoms. The molecule has 14 heavy (non-hydrogen) atoms. The maximum atomic E-state index is 3.84. The Labute approximate surface area is 91.6 Å². The number of hydrogen-bond donors (Lipinski definition) is 2. The predicted octanol–water partition coefficient (Wildman–Crippen LogP) is 1.61. The molecule has 0 radical (unpaired) electrons. The minimum atomic E-state index is 0.743. The monoisotopic (exact) mass is 214 g/mol. The molecular formula is C11H22N2S. The first-order chi connectivity index (χ1) is 6.90. The Morgan fingerprint density at radius 3 is 2.79 bits per heavy atom. The van der Waals surface area contributed by atoms with E-state index in [-0.39, 0.29) is 0 Å². The molecule has 2 aliphatic rings. The van der Waals surface area contributed by atoms with Crippen LogP contribution in [-0.2, 0) is 0 Å². The van der Waals surface area contributed by atoms with Crippen molar-refractivity contribution in [1.82, 2.24) is 10.6 Å². The van der Waals surface area contributed by atoms with Crippen molar-refractivity contribution < 1.29 is 0 Å². The van der Waals surface area contributed by atoms with E-state index in [4.69, 9.17) is 0 Å². The van der Waals surface area contributed by atoms with Gasteiger partial charge in [0.2, 0.25) is 0 Å². The molecule has 2 rings (SSSR count). The first-order valence-electron chi connectivity index (χ1n) is 5.89. The lowest BCUT2D eigenvalue weighted by Crippen LogP contribution is -2.46. The first kappa shape index (κ1) is 10.8. The van der Waals surface area contributed by atoms with Crippen molar-refractivity contribution in [2.24, 2.45) is 0 Å². The van der Waals surface area contributed by atoms with Gasteiger partial charge in [-0.1, -0.05) is 12.8 Å². The second-order valence-electron chi connectivity index (χ2n) is 4.52. The number of thioether (sulfide) groups is 1. The Kier molecular flexibility index (Phi) is 4.14. The highest BCUT2D eigenvalue weighted by atomic mass is 32.2. The molecule has 3 heteroatoms. The van der Waals surface area contributed by atoms with Crippen LogP contribution >= 0.6 is 11.8 Å². The highest BCUT2D eigenvalue weighted by molar-refractivity contribution is 7.99. The molecular weight excluding hydrogens is 192 g/mol. The summed E-state index contributed by atoms with van der Waals surface area (Å²) >= 11 is 2.05. The van der Waals surface area contributed by atoms with Gasteiger partial charge >= 0.3 is 0 Å². The number of nitrogens with one attached hydrogen (secondary N) is 2. The second kappa shape index (κ2) is 5.38. The SMILES string of the molecule is CSC1CCCCC1NC1CCNC1. The Hall–Kier alpha value is 0.270. The van der Waals surface area contributed by atoms with Crippen LogP contribution in [0.15, 0.2) is 0 Å². The molecule has 3 unspecified atom stereocenters. The molecule has 2 fully saturated rings. The average molecular weight is 214 g/mol. The summed E-state index contributed by atoms with van der Waals surface area (Å²) in [5.41, 5.74) is 0. The molecule has 1 aliphatic heterocycles. The van der Waals surface area contributed by atoms with Crippen LogP contribution in [0, 0.1) is 0 Å². The second-order valence-corrected chi connectivity index (χ2v) is 5.60. The molecule has 0 aromatic carbocycles. The smallest absolute Gasteiger partial charge is 0.0207 e. The quantitative estimate of drug-likeness (QED) is 0.746. The molecule has 1 saturated heterocycles. The van der Waals surface area contributed by atoms with Gasteiger partial charge in [-0.15, -0.1) is 0 Å². The van der Waals surface area contributed by atoms with E-state index >= 15 is 0 Å². The van der Waals surface area contributed by atoms with Crippen molar-refractivity contribution in [2.75, 3.05) is 19.3 Å². The molecule has 2 nitrogen and oxygen atoms in total. The van der Waals surface area contributed by atoms with Crippen molar-refractivity contribution in [2.45, 2.75) is 49.4 Å². The zero-order chi connectivity index (χ0) is 9.80. The summed E-state index contributed by atoms with van der Waals surface area (Å²) in [6, 6.07) is 1.52. The van der Waals surface area contributed by atoms with Gasteiger partial charge in [0.15, 0.2) is 0 Å². The Morgan fingerprint density at radius 1 is 1.21 bits per heavy atom. The fourth-order valence-electron chi connectivity index (χ4n) is 2.67. The van der Waals surface area contributed by atoms with E-state index in [0.717, 1.165) is 17.3 Å². The number of rotatable bonds is 3. The van der Waals surface area contributed by atoms with Crippen molar-refractivity contribution in [3.63, 3.8) is 0 Å². The third kappa shape index (κ3) is 2.65. The van der Waals surface area contributed by atoms with E-state index in [1.54, 1.807) is 0 Å². The molecule has 1 saturated carbocycles. The minimum absolute atomic E-state index is 0.743. The Balaban J connectivity index is 1.81. The van der Waals surface area contributed by atoms with E-state index in [2.05, 4.69) is 28.7 Å². The third-order valence-electron chi connectivity index (χ3n) is 3.52. The standard InChI is InChI=1S/C11H22N2S/c1-14-11-5-3-2-4-10(11)13-9-6-7-12-8-9/h9-13H,2-8H2,1H3. The third-order valence-corrected chi connectivity index (χ3v) is 4.69. The maximum Gasteiger partial charge on any atom is 0.0207 e. The van der Waals surface area contributed by atoms with E-state index in [1.165, 1.54) is 45.2 Å². The van der Waals surface area contributed by atoms with Crippen LogP contribution in [0.3, 0.4) is 0 Å². The summed E-state index contributed by atoms with van der Waals surface area (Å²) < 4.78 is 0. The first-order valence-corrected chi connectivity index (χ1v) is 7.18. The van der Waals surface area contributed by atoms with Gasteiger partial charge < -0.3 is 10.6 Å². The van der Waals surface area contributed by atoms with Gasteiger partial charge in [0.05, 0.1) is 0 Å². The van der Waals surface area contributed by atoms with Crippen LogP contribution in [0.2, 0.25) is 0 Å². The molecule has 3 atom stereocenters. The lowest BCUT2D eigenvalue weighted by atomic mass is 9.94. The van der Waals surface area contributed by atoms with Crippen molar-refractivity contribution in [3.8, 4) is 0 Å². The molecule has 0 aromatic rings. The largest absolute Gasteiger partial charge is 0.315 e. The van der Waals surface area contributed by atoms with Crippen LogP contribution in [-0.4, -0.2) is 36.7 Å². The Bertz CT molecular complexity index is 169. The normalized spacial score (nSPS) is 38.8. The highest BCUT2D eigenvalue weighted by Crippen LogP contribution is 2.27. The Morgan fingerprint density at radius 2 is 2.07 bits per heavy atom. The van der Waals surface area contributed by atoms with Crippen LogP contribution in [0.25, 0.3) is 0 Å². The zero-order valence-electron chi connectivity index (χ0n) is 9.09. The van der Waals surface area contributed by atoms with Crippen LogP contribution < -0.4 is 10.6 Å². The molecule has 0 bridgehead atoms. The van der Waals surface area contributed by atoms with Gasteiger partial charge in [0, 0.05) is 23.9 Å². The highest BCUT2D eigenvalue weighted by Gasteiger charge is 2.27. The predicted molar refractivity (Wildman–Crippen MR) is 64.0 cm³/mol. The minimum Gasteiger partial charge on any atom is -0.315 e. The summed E-state index contributed by atoms with van der Waals surface area (Å²) in [5.74, 6) is 0. The van der Waals surface area contributed by atoms with Crippen molar-refractivity contribution >= 4 is 11.8 Å². The van der Waals surface area contributed by atoms with Crippen molar-refractivity contribution in [3.05, 3.63) is 0 Å². The summed E-state index contributed by atoms with van der Waals surface area (Å²) in [6.45, 7) is 2.38. The maximum absolute atomic E-state index is 3.84. The fraction of sp³-hybridized carbons (Fsp3) is 1.00. The summed E-state index contributed by atoms with van der Waals surface area (Å²) in [7, 11) is 0. The molecule has 0 amide bonds. The van der Waals surface area contributed by atoms with Gasteiger partial charge in [-0.05, 0) is 32.1 Å². The molecule has 0 aromatic heterocycles. The number of hydrogen-bond acceptors (Lipinski definition) is 3. The van der Waals surface area contributed by atoms with E-state index < -0.39 is 0 Å². The van der Waals surface area contributed by atoms with Gasteiger partial charge in [0.25, 0.3) is 0 Å². The van der Waals surface area contributed by atoms with E-state index in [1.807, 2.05) is 0 Å². The summed E-state index contributed by atoms with van der Waals surface area (Å²) in [6.07, 6.45) is 9.25. The van der Waals surface area contributed by atoms with Crippen molar-refractivity contribution in [1.29, 1.82) is 0 Å².